The molecule has 1 aromatic heterocycles. The lowest BCUT2D eigenvalue weighted by molar-refractivity contribution is -0.127. The largest absolute Gasteiger partial charge is 0.507 e. The molecule has 2 heterocycles. The summed E-state index contributed by atoms with van der Waals surface area (Å²) in [7, 11) is 0. The SMILES string of the molecule is OC1=C(CC(F)(F)F)CCCc2c1ccc1c2c(F)nn1C1CCCCO1. The number of ether oxygens (including phenoxy) is 1. The van der Waals surface area contributed by atoms with Crippen LogP contribution in [0.25, 0.3) is 16.7 Å². The summed E-state index contributed by atoms with van der Waals surface area (Å²) in [5, 5.41) is 14.7. The second-order valence-corrected chi connectivity index (χ2v) is 7.14. The maximum absolute atomic E-state index is 14.7. The number of nitrogens with zero attached hydrogens (tertiary/aromatic N) is 2. The van der Waals surface area contributed by atoms with E-state index < -0.39 is 18.5 Å². The Morgan fingerprint density at radius 1 is 1.19 bits per heavy atom. The van der Waals surface area contributed by atoms with Gasteiger partial charge >= 0.3 is 6.18 Å². The molecule has 0 bridgehead atoms. The summed E-state index contributed by atoms with van der Waals surface area (Å²) in [6.07, 6.45) is -2.34. The van der Waals surface area contributed by atoms with Crippen molar-refractivity contribution in [1.82, 2.24) is 9.78 Å². The van der Waals surface area contributed by atoms with Crippen LogP contribution >= 0.6 is 0 Å². The topological polar surface area (TPSA) is 47.3 Å². The molecule has 1 unspecified atom stereocenters. The molecule has 0 radical (unpaired) electrons. The van der Waals surface area contributed by atoms with Crippen LogP contribution < -0.4 is 0 Å². The van der Waals surface area contributed by atoms with Gasteiger partial charge in [-0.15, -0.1) is 5.10 Å². The summed E-state index contributed by atoms with van der Waals surface area (Å²) in [6.45, 7) is 0.586. The monoisotopic (exact) mass is 384 g/mol. The van der Waals surface area contributed by atoms with E-state index in [9.17, 15) is 22.7 Å². The first kappa shape index (κ1) is 18.3. The van der Waals surface area contributed by atoms with Crippen molar-refractivity contribution < 1.29 is 27.4 Å². The summed E-state index contributed by atoms with van der Waals surface area (Å²) in [4.78, 5) is 0. The van der Waals surface area contributed by atoms with Gasteiger partial charge in [0, 0.05) is 12.2 Å². The van der Waals surface area contributed by atoms with Crippen molar-refractivity contribution in [1.29, 1.82) is 0 Å². The highest BCUT2D eigenvalue weighted by Crippen LogP contribution is 2.39. The van der Waals surface area contributed by atoms with Crippen LogP contribution in [-0.2, 0) is 11.2 Å². The third-order valence-electron chi connectivity index (χ3n) is 5.28. The van der Waals surface area contributed by atoms with Crippen molar-refractivity contribution in [2.45, 2.75) is 57.3 Å². The molecule has 0 saturated carbocycles. The Balaban J connectivity index is 1.82. The average molecular weight is 384 g/mol. The van der Waals surface area contributed by atoms with Gasteiger partial charge in [0.15, 0.2) is 6.23 Å². The number of aromatic nitrogens is 2. The molecule has 1 aromatic carbocycles. The van der Waals surface area contributed by atoms with Gasteiger partial charge < -0.3 is 9.84 Å². The van der Waals surface area contributed by atoms with E-state index in [1.54, 1.807) is 12.1 Å². The van der Waals surface area contributed by atoms with E-state index in [-0.39, 0.29) is 34.9 Å². The number of allylic oxidation sites excluding steroid dienone is 1. The normalized spacial score (nSPS) is 21.4. The van der Waals surface area contributed by atoms with Crippen LogP contribution in [-0.4, -0.2) is 27.7 Å². The molecule has 146 valence electrons. The molecule has 1 N–H and O–H groups in total. The Morgan fingerprint density at radius 2 is 2.00 bits per heavy atom. The number of fused-ring (bicyclic) bond motifs is 3. The Bertz CT molecular complexity index is 895. The van der Waals surface area contributed by atoms with Gasteiger partial charge in [-0.05, 0) is 61.8 Å². The highest BCUT2D eigenvalue weighted by atomic mass is 19.4. The summed E-state index contributed by atoms with van der Waals surface area (Å²) in [6, 6.07) is 3.17. The number of hydrogen-bond donors (Lipinski definition) is 1. The molecule has 1 atom stereocenters. The minimum Gasteiger partial charge on any atom is -0.507 e. The zero-order chi connectivity index (χ0) is 19.2. The zero-order valence-corrected chi connectivity index (χ0v) is 14.7. The molecule has 4 nitrogen and oxygen atoms in total. The third-order valence-corrected chi connectivity index (χ3v) is 5.28. The third kappa shape index (κ3) is 3.42. The predicted octanol–water partition coefficient (Wildman–Crippen LogP) is 5.43. The first-order chi connectivity index (χ1) is 12.8. The summed E-state index contributed by atoms with van der Waals surface area (Å²) >= 11 is 0. The van der Waals surface area contributed by atoms with Crippen LogP contribution in [0.4, 0.5) is 17.6 Å². The van der Waals surface area contributed by atoms with Gasteiger partial charge in [0.1, 0.15) is 5.76 Å². The Kier molecular flexibility index (Phi) is 4.61. The smallest absolute Gasteiger partial charge is 0.392 e. The quantitative estimate of drug-likeness (QED) is 0.702. The summed E-state index contributed by atoms with van der Waals surface area (Å²) in [5.41, 5.74) is 1.28. The van der Waals surface area contributed by atoms with E-state index in [0.29, 0.717) is 30.5 Å². The lowest BCUT2D eigenvalue weighted by Crippen LogP contribution is -2.19. The van der Waals surface area contributed by atoms with E-state index in [1.165, 1.54) is 4.68 Å². The molecule has 1 aliphatic carbocycles. The zero-order valence-electron chi connectivity index (χ0n) is 14.7. The Labute approximate surface area is 153 Å². The fraction of sp³-hybridized carbons (Fsp3) is 0.526. The average Bonchev–Trinajstić information content (AvgIpc) is 2.89. The minimum absolute atomic E-state index is 0.0518. The molecule has 1 fully saturated rings. The van der Waals surface area contributed by atoms with E-state index in [1.807, 2.05) is 0 Å². The number of hydrogen-bond acceptors (Lipinski definition) is 3. The maximum atomic E-state index is 14.7. The van der Waals surface area contributed by atoms with Crippen molar-refractivity contribution in [3.8, 4) is 0 Å². The molecule has 0 amide bonds. The fourth-order valence-electron chi connectivity index (χ4n) is 4.07. The number of aliphatic hydroxyl groups excluding tert-OH is 1. The first-order valence-corrected chi connectivity index (χ1v) is 9.14. The molecule has 4 rings (SSSR count). The minimum atomic E-state index is -4.40. The predicted molar refractivity (Wildman–Crippen MR) is 91.7 cm³/mol. The van der Waals surface area contributed by atoms with Gasteiger partial charge in [-0.3, -0.25) is 0 Å². The number of benzene rings is 1. The molecule has 2 aliphatic rings. The highest BCUT2D eigenvalue weighted by molar-refractivity contribution is 5.88. The van der Waals surface area contributed by atoms with Crippen LogP contribution in [0, 0.1) is 5.95 Å². The summed E-state index contributed by atoms with van der Waals surface area (Å²) in [5.74, 6) is -1.06. The molecule has 0 spiro atoms. The van der Waals surface area contributed by atoms with Gasteiger partial charge in [-0.2, -0.15) is 17.6 Å². The summed E-state index contributed by atoms with van der Waals surface area (Å²) < 4.78 is 60.4. The second kappa shape index (κ2) is 6.82. The van der Waals surface area contributed by atoms with Crippen molar-refractivity contribution in [2.75, 3.05) is 6.61 Å². The second-order valence-electron chi connectivity index (χ2n) is 7.14. The first-order valence-electron chi connectivity index (χ1n) is 9.14. The van der Waals surface area contributed by atoms with Gasteiger partial charge in [-0.1, -0.05) is 0 Å². The van der Waals surface area contributed by atoms with Gasteiger partial charge in [0.05, 0.1) is 17.3 Å². The molecular formula is C19H20F4N2O2. The Morgan fingerprint density at radius 3 is 2.70 bits per heavy atom. The number of rotatable bonds is 2. The number of aliphatic hydroxyl groups is 1. The molecular weight excluding hydrogens is 364 g/mol. The van der Waals surface area contributed by atoms with Crippen molar-refractivity contribution in [3.05, 3.63) is 34.8 Å². The van der Waals surface area contributed by atoms with Crippen molar-refractivity contribution in [2.24, 2.45) is 0 Å². The lowest BCUT2D eigenvalue weighted by atomic mass is 9.98. The maximum Gasteiger partial charge on any atom is 0.392 e. The molecule has 27 heavy (non-hydrogen) atoms. The lowest BCUT2D eigenvalue weighted by Gasteiger charge is -2.23. The van der Waals surface area contributed by atoms with Gasteiger partial charge in [-0.25, -0.2) is 4.68 Å². The van der Waals surface area contributed by atoms with Crippen LogP contribution in [0.5, 0.6) is 0 Å². The molecule has 1 saturated heterocycles. The van der Waals surface area contributed by atoms with E-state index in [0.717, 1.165) is 19.3 Å². The van der Waals surface area contributed by atoms with Crippen LogP contribution in [0.3, 0.4) is 0 Å². The molecule has 1 aliphatic heterocycles. The van der Waals surface area contributed by atoms with Crippen LogP contribution in [0.15, 0.2) is 17.7 Å². The molecule has 2 aromatic rings. The van der Waals surface area contributed by atoms with E-state index in [4.69, 9.17) is 4.74 Å². The highest BCUT2D eigenvalue weighted by Gasteiger charge is 2.32. The van der Waals surface area contributed by atoms with Crippen LogP contribution in [0.2, 0.25) is 0 Å². The van der Waals surface area contributed by atoms with Crippen molar-refractivity contribution in [3.63, 3.8) is 0 Å². The fourth-order valence-corrected chi connectivity index (χ4v) is 4.07. The van der Waals surface area contributed by atoms with Crippen LogP contribution in [0.1, 0.15) is 55.9 Å². The van der Waals surface area contributed by atoms with Crippen molar-refractivity contribution >= 4 is 16.7 Å². The van der Waals surface area contributed by atoms with E-state index >= 15 is 0 Å². The van der Waals surface area contributed by atoms with Gasteiger partial charge in [0.2, 0.25) is 5.95 Å². The van der Waals surface area contributed by atoms with E-state index in [2.05, 4.69) is 5.10 Å². The standard InChI is InChI=1S/C19H20F4N2O2/c20-18-16-12-5-3-4-11(10-19(21,22)23)17(26)13(12)7-8-14(16)25(24-18)15-6-1-2-9-27-15/h7-8,15,26H,1-6,9-10H2. The van der Waals surface area contributed by atoms with Gasteiger partial charge in [0.25, 0.3) is 0 Å². The number of aryl methyl sites for hydroxylation is 1. The molecule has 8 heteroatoms. The Hall–Kier alpha value is -2.09. The number of alkyl halides is 3. The number of halogens is 4.